The third kappa shape index (κ3) is 5.43. The molecule has 0 radical (unpaired) electrons. The molecule has 2 rings (SSSR count). The fourth-order valence-corrected chi connectivity index (χ4v) is 2.12. The topological polar surface area (TPSA) is 41.1 Å². The molecule has 0 bridgehead atoms. The number of amides is 1. The molecule has 1 fully saturated rings. The quantitative estimate of drug-likeness (QED) is 0.705. The van der Waals surface area contributed by atoms with Gasteiger partial charge in [-0.1, -0.05) is 37.3 Å². The Kier molecular flexibility index (Phi) is 5.40. The summed E-state index contributed by atoms with van der Waals surface area (Å²) in [6, 6.07) is 11.0. The molecule has 1 atom stereocenters. The van der Waals surface area contributed by atoms with Crippen LogP contribution < -0.4 is 10.6 Å². The third-order valence-electron chi connectivity index (χ3n) is 3.52. The smallest absolute Gasteiger partial charge is 0.220 e. The van der Waals surface area contributed by atoms with Gasteiger partial charge in [-0.25, -0.2) is 0 Å². The molecule has 3 heteroatoms. The Morgan fingerprint density at radius 1 is 1.32 bits per heavy atom. The highest BCUT2D eigenvalue weighted by atomic mass is 16.1. The Labute approximate surface area is 115 Å². The first-order chi connectivity index (χ1) is 9.25. The van der Waals surface area contributed by atoms with E-state index in [2.05, 4.69) is 41.8 Å². The maximum atomic E-state index is 11.5. The zero-order valence-corrected chi connectivity index (χ0v) is 11.7. The first-order valence-corrected chi connectivity index (χ1v) is 7.30. The molecule has 1 aliphatic rings. The summed E-state index contributed by atoms with van der Waals surface area (Å²) < 4.78 is 0. The molecule has 1 amide bonds. The van der Waals surface area contributed by atoms with Gasteiger partial charge < -0.3 is 10.6 Å². The van der Waals surface area contributed by atoms with Gasteiger partial charge in [-0.3, -0.25) is 4.79 Å². The SMILES string of the molecule is CC(CNCCCC(=O)NC1CC1)c1ccccc1. The lowest BCUT2D eigenvalue weighted by molar-refractivity contribution is -0.121. The van der Waals surface area contributed by atoms with Gasteiger partial charge in [0.05, 0.1) is 0 Å². The largest absolute Gasteiger partial charge is 0.353 e. The van der Waals surface area contributed by atoms with Gasteiger partial charge in [0.2, 0.25) is 5.91 Å². The van der Waals surface area contributed by atoms with Crippen molar-refractivity contribution < 1.29 is 4.79 Å². The third-order valence-corrected chi connectivity index (χ3v) is 3.52. The predicted molar refractivity (Wildman–Crippen MR) is 78.1 cm³/mol. The van der Waals surface area contributed by atoms with E-state index in [1.807, 2.05) is 6.07 Å². The molecule has 0 heterocycles. The first-order valence-electron chi connectivity index (χ1n) is 7.30. The van der Waals surface area contributed by atoms with Gasteiger partial charge >= 0.3 is 0 Å². The van der Waals surface area contributed by atoms with E-state index in [1.165, 1.54) is 18.4 Å². The molecule has 0 saturated heterocycles. The van der Waals surface area contributed by atoms with Gasteiger partial charge in [0.25, 0.3) is 0 Å². The van der Waals surface area contributed by atoms with E-state index >= 15 is 0 Å². The lowest BCUT2D eigenvalue weighted by Gasteiger charge is -2.12. The van der Waals surface area contributed by atoms with Crippen LogP contribution in [0.5, 0.6) is 0 Å². The van der Waals surface area contributed by atoms with Gasteiger partial charge in [-0.05, 0) is 37.3 Å². The van der Waals surface area contributed by atoms with Crippen molar-refractivity contribution in [2.45, 2.75) is 44.6 Å². The summed E-state index contributed by atoms with van der Waals surface area (Å²) >= 11 is 0. The maximum absolute atomic E-state index is 11.5. The predicted octanol–water partition coefficient (Wildman–Crippen LogP) is 2.44. The van der Waals surface area contributed by atoms with Gasteiger partial charge in [0, 0.05) is 19.0 Å². The van der Waals surface area contributed by atoms with E-state index in [0.29, 0.717) is 18.4 Å². The number of rotatable bonds is 8. The van der Waals surface area contributed by atoms with Crippen LogP contribution in [-0.4, -0.2) is 25.0 Å². The first kappa shape index (κ1) is 14.1. The fourth-order valence-electron chi connectivity index (χ4n) is 2.12. The second-order valence-corrected chi connectivity index (χ2v) is 5.46. The molecular formula is C16H24N2O. The van der Waals surface area contributed by atoms with Crippen LogP contribution in [0.15, 0.2) is 30.3 Å². The van der Waals surface area contributed by atoms with Crippen LogP contribution in [0.1, 0.15) is 44.1 Å². The summed E-state index contributed by atoms with van der Waals surface area (Å²) in [4.78, 5) is 11.5. The molecule has 1 unspecified atom stereocenters. The fraction of sp³-hybridized carbons (Fsp3) is 0.562. The van der Waals surface area contributed by atoms with E-state index in [9.17, 15) is 4.79 Å². The number of carbonyl (C=O) groups excluding carboxylic acids is 1. The van der Waals surface area contributed by atoms with Crippen molar-refractivity contribution in [2.75, 3.05) is 13.1 Å². The van der Waals surface area contributed by atoms with Crippen LogP contribution >= 0.6 is 0 Å². The molecule has 1 saturated carbocycles. The maximum Gasteiger partial charge on any atom is 0.220 e. The van der Waals surface area contributed by atoms with Gasteiger partial charge in [-0.15, -0.1) is 0 Å². The monoisotopic (exact) mass is 260 g/mol. The summed E-state index contributed by atoms with van der Waals surface area (Å²) in [6.07, 6.45) is 3.89. The van der Waals surface area contributed by atoms with Gasteiger partial charge in [-0.2, -0.15) is 0 Å². The highest BCUT2D eigenvalue weighted by molar-refractivity contribution is 5.76. The summed E-state index contributed by atoms with van der Waals surface area (Å²) in [7, 11) is 0. The minimum atomic E-state index is 0.209. The zero-order chi connectivity index (χ0) is 13.5. The number of hydrogen-bond donors (Lipinski definition) is 2. The molecule has 1 aromatic carbocycles. The summed E-state index contributed by atoms with van der Waals surface area (Å²) in [5, 5.41) is 6.44. The molecule has 0 aliphatic heterocycles. The van der Waals surface area contributed by atoms with Crippen LogP contribution in [-0.2, 0) is 4.79 Å². The Hall–Kier alpha value is -1.35. The summed E-state index contributed by atoms with van der Waals surface area (Å²) in [6.45, 7) is 4.10. The van der Waals surface area contributed by atoms with Crippen molar-refractivity contribution in [1.29, 1.82) is 0 Å². The molecule has 19 heavy (non-hydrogen) atoms. The Bertz CT molecular complexity index is 387. The van der Waals surface area contributed by atoms with E-state index in [0.717, 1.165) is 19.5 Å². The van der Waals surface area contributed by atoms with Crippen LogP contribution in [0.4, 0.5) is 0 Å². The zero-order valence-electron chi connectivity index (χ0n) is 11.7. The number of nitrogens with one attached hydrogen (secondary N) is 2. The Morgan fingerprint density at radius 3 is 2.74 bits per heavy atom. The molecule has 104 valence electrons. The molecule has 1 aliphatic carbocycles. The van der Waals surface area contributed by atoms with Crippen molar-refractivity contribution >= 4 is 5.91 Å². The average Bonchev–Trinajstić information content (AvgIpc) is 3.23. The van der Waals surface area contributed by atoms with E-state index in [1.54, 1.807) is 0 Å². The standard InChI is InChI=1S/C16H24N2O/c1-13(14-6-3-2-4-7-14)12-17-11-5-8-16(19)18-15-9-10-15/h2-4,6-7,13,15,17H,5,8-12H2,1H3,(H,18,19). The molecule has 2 N–H and O–H groups in total. The average molecular weight is 260 g/mol. The van der Waals surface area contributed by atoms with Crippen molar-refractivity contribution in [1.82, 2.24) is 10.6 Å². The minimum absolute atomic E-state index is 0.209. The van der Waals surface area contributed by atoms with Crippen molar-refractivity contribution in [3.8, 4) is 0 Å². The molecular weight excluding hydrogens is 236 g/mol. The van der Waals surface area contributed by atoms with Crippen LogP contribution in [0.2, 0.25) is 0 Å². The van der Waals surface area contributed by atoms with E-state index in [4.69, 9.17) is 0 Å². The molecule has 1 aromatic rings. The van der Waals surface area contributed by atoms with E-state index < -0.39 is 0 Å². The van der Waals surface area contributed by atoms with Crippen LogP contribution in [0.25, 0.3) is 0 Å². The normalized spacial score (nSPS) is 16.1. The Balaban J connectivity index is 1.52. The van der Waals surface area contributed by atoms with Gasteiger partial charge in [0.15, 0.2) is 0 Å². The minimum Gasteiger partial charge on any atom is -0.353 e. The summed E-state index contributed by atoms with van der Waals surface area (Å²) in [5.41, 5.74) is 1.36. The van der Waals surface area contributed by atoms with Gasteiger partial charge in [0.1, 0.15) is 0 Å². The number of carbonyl (C=O) groups is 1. The highest BCUT2D eigenvalue weighted by Gasteiger charge is 2.22. The van der Waals surface area contributed by atoms with Crippen molar-refractivity contribution in [2.24, 2.45) is 0 Å². The Morgan fingerprint density at radius 2 is 2.05 bits per heavy atom. The number of hydrogen-bond acceptors (Lipinski definition) is 2. The molecule has 0 aromatic heterocycles. The van der Waals surface area contributed by atoms with Crippen molar-refractivity contribution in [3.63, 3.8) is 0 Å². The van der Waals surface area contributed by atoms with Crippen molar-refractivity contribution in [3.05, 3.63) is 35.9 Å². The lowest BCUT2D eigenvalue weighted by atomic mass is 10.0. The summed E-state index contributed by atoms with van der Waals surface area (Å²) in [5.74, 6) is 0.724. The van der Waals surface area contributed by atoms with E-state index in [-0.39, 0.29) is 5.91 Å². The second-order valence-electron chi connectivity index (χ2n) is 5.46. The molecule has 3 nitrogen and oxygen atoms in total. The second kappa shape index (κ2) is 7.29. The van der Waals surface area contributed by atoms with Crippen LogP contribution in [0.3, 0.4) is 0 Å². The number of benzene rings is 1. The van der Waals surface area contributed by atoms with Crippen LogP contribution in [0, 0.1) is 0 Å². The highest BCUT2D eigenvalue weighted by Crippen LogP contribution is 2.18. The lowest BCUT2D eigenvalue weighted by Crippen LogP contribution is -2.27. The molecule has 0 spiro atoms.